The Kier molecular flexibility index (Phi) is 3.39. The van der Waals surface area contributed by atoms with Crippen molar-refractivity contribution >= 4 is 40.4 Å². The van der Waals surface area contributed by atoms with E-state index in [1.165, 1.54) is 0 Å². The molecule has 6 nitrogen and oxygen atoms in total. The van der Waals surface area contributed by atoms with Crippen LogP contribution in [0.15, 0.2) is 5.38 Å². The fraction of sp³-hybridized carbons (Fsp3) is 0.200. The molecule has 0 aliphatic carbocycles. The number of nitrogens with zero attached hydrogens (tertiary/aromatic N) is 2. The molecule has 0 aromatic carbocycles. The first-order valence-electron chi connectivity index (χ1n) is 4.92. The first-order valence-corrected chi connectivity index (χ1v) is 6.57. The lowest BCUT2D eigenvalue weighted by Crippen LogP contribution is -2.14. The molecule has 2 rings (SSSR count). The second-order valence-corrected chi connectivity index (χ2v) is 5.20. The number of thiophene rings is 1. The van der Waals surface area contributed by atoms with Crippen LogP contribution in [0, 0.1) is 13.8 Å². The van der Waals surface area contributed by atoms with E-state index in [9.17, 15) is 9.59 Å². The van der Waals surface area contributed by atoms with E-state index in [1.54, 1.807) is 19.2 Å². The molecule has 0 aliphatic heterocycles. The fourth-order valence-electron chi connectivity index (χ4n) is 1.37. The standard InChI is InChI=1S/C10H9N3O3S2/c1-4-3-17-8(10(15)16)6(4)11-9(14)7-5(2)12-13-18-7/h3H,1-2H3,(H,11,14)(H,15,16). The normalized spacial score (nSPS) is 10.3. The van der Waals surface area contributed by atoms with Crippen LogP contribution in [-0.2, 0) is 0 Å². The summed E-state index contributed by atoms with van der Waals surface area (Å²) >= 11 is 2.07. The second-order valence-electron chi connectivity index (χ2n) is 3.57. The molecule has 2 N–H and O–H groups in total. The number of carbonyl (C=O) groups excluding carboxylic acids is 1. The lowest BCUT2D eigenvalue weighted by atomic mass is 10.2. The van der Waals surface area contributed by atoms with Crippen molar-refractivity contribution in [3.63, 3.8) is 0 Å². The summed E-state index contributed by atoms with van der Waals surface area (Å²) < 4.78 is 3.67. The summed E-state index contributed by atoms with van der Waals surface area (Å²) in [5.74, 6) is -1.44. The van der Waals surface area contributed by atoms with E-state index >= 15 is 0 Å². The number of carbonyl (C=O) groups is 2. The Morgan fingerprint density at radius 3 is 2.61 bits per heavy atom. The van der Waals surface area contributed by atoms with Crippen LogP contribution in [0.3, 0.4) is 0 Å². The van der Waals surface area contributed by atoms with Crippen LogP contribution in [0.25, 0.3) is 0 Å². The maximum absolute atomic E-state index is 12.0. The summed E-state index contributed by atoms with van der Waals surface area (Å²) in [4.78, 5) is 23.5. The van der Waals surface area contributed by atoms with Gasteiger partial charge in [0.15, 0.2) is 0 Å². The van der Waals surface area contributed by atoms with Crippen molar-refractivity contribution in [1.29, 1.82) is 0 Å². The maximum Gasteiger partial charge on any atom is 0.348 e. The first kappa shape index (κ1) is 12.7. The largest absolute Gasteiger partial charge is 0.477 e. The monoisotopic (exact) mass is 283 g/mol. The molecule has 0 saturated carbocycles. The van der Waals surface area contributed by atoms with Gasteiger partial charge in [0, 0.05) is 0 Å². The number of aromatic nitrogens is 2. The zero-order valence-electron chi connectivity index (χ0n) is 9.55. The van der Waals surface area contributed by atoms with Crippen molar-refractivity contribution in [2.45, 2.75) is 13.8 Å². The number of rotatable bonds is 3. The molecule has 94 valence electrons. The fourth-order valence-corrected chi connectivity index (χ4v) is 2.76. The zero-order chi connectivity index (χ0) is 13.3. The predicted molar refractivity (Wildman–Crippen MR) is 68.6 cm³/mol. The van der Waals surface area contributed by atoms with Crippen LogP contribution >= 0.6 is 22.9 Å². The minimum Gasteiger partial charge on any atom is -0.477 e. The molecular weight excluding hydrogens is 274 g/mol. The number of anilines is 1. The Morgan fingerprint density at radius 1 is 1.33 bits per heavy atom. The topological polar surface area (TPSA) is 92.2 Å². The van der Waals surface area contributed by atoms with Crippen molar-refractivity contribution in [1.82, 2.24) is 9.59 Å². The minimum atomic E-state index is -1.05. The molecule has 0 aliphatic rings. The van der Waals surface area contributed by atoms with E-state index < -0.39 is 5.97 Å². The van der Waals surface area contributed by atoms with E-state index in [2.05, 4.69) is 14.9 Å². The summed E-state index contributed by atoms with van der Waals surface area (Å²) in [5.41, 5.74) is 1.59. The van der Waals surface area contributed by atoms with Crippen LogP contribution < -0.4 is 5.32 Å². The number of hydrogen-bond donors (Lipinski definition) is 2. The summed E-state index contributed by atoms with van der Waals surface area (Å²) in [7, 11) is 0. The van der Waals surface area contributed by atoms with Crippen LogP contribution in [0.1, 0.15) is 30.6 Å². The van der Waals surface area contributed by atoms with Gasteiger partial charge in [-0.15, -0.1) is 16.4 Å². The number of amides is 1. The average Bonchev–Trinajstić information content (AvgIpc) is 2.86. The Hall–Kier alpha value is -1.80. The van der Waals surface area contributed by atoms with Crippen LogP contribution in [-0.4, -0.2) is 26.6 Å². The molecule has 0 bridgehead atoms. The molecule has 2 aromatic rings. The SMILES string of the molecule is Cc1csc(C(=O)O)c1NC(=O)c1snnc1C. The minimum absolute atomic E-state index is 0.121. The highest BCUT2D eigenvalue weighted by Crippen LogP contribution is 2.28. The average molecular weight is 283 g/mol. The van der Waals surface area contributed by atoms with Gasteiger partial charge in [0.05, 0.1) is 11.4 Å². The van der Waals surface area contributed by atoms with Gasteiger partial charge in [-0.3, -0.25) is 4.79 Å². The Bertz CT molecular complexity index is 618. The van der Waals surface area contributed by atoms with Gasteiger partial charge in [0.2, 0.25) is 0 Å². The van der Waals surface area contributed by atoms with Crippen molar-refractivity contribution in [3.05, 3.63) is 26.4 Å². The Balaban J connectivity index is 2.30. The Labute approximate surface area is 110 Å². The highest BCUT2D eigenvalue weighted by Gasteiger charge is 2.20. The van der Waals surface area contributed by atoms with E-state index in [1.807, 2.05) is 0 Å². The molecule has 2 aromatic heterocycles. The molecule has 0 saturated heterocycles. The summed E-state index contributed by atoms with van der Waals surface area (Å²) in [6.45, 7) is 3.42. The van der Waals surface area contributed by atoms with Gasteiger partial charge in [0.1, 0.15) is 9.75 Å². The third-order valence-electron chi connectivity index (χ3n) is 2.27. The summed E-state index contributed by atoms with van der Waals surface area (Å²) in [6, 6.07) is 0. The highest BCUT2D eigenvalue weighted by molar-refractivity contribution is 7.12. The van der Waals surface area contributed by atoms with Gasteiger partial charge < -0.3 is 10.4 Å². The summed E-state index contributed by atoms with van der Waals surface area (Å²) in [5, 5.41) is 17.1. The van der Waals surface area contributed by atoms with Gasteiger partial charge in [-0.05, 0) is 36.3 Å². The van der Waals surface area contributed by atoms with Crippen molar-refractivity contribution in [3.8, 4) is 0 Å². The summed E-state index contributed by atoms with van der Waals surface area (Å²) in [6.07, 6.45) is 0. The molecule has 2 heterocycles. The molecule has 8 heteroatoms. The predicted octanol–water partition coefficient (Wildman–Crippen LogP) is 2.17. The third kappa shape index (κ3) is 2.24. The Morgan fingerprint density at radius 2 is 2.06 bits per heavy atom. The van der Waals surface area contributed by atoms with Gasteiger partial charge in [-0.1, -0.05) is 4.49 Å². The molecular formula is C10H9N3O3S2. The van der Waals surface area contributed by atoms with Crippen molar-refractivity contribution in [2.24, 2.45) is 0 Å². The molecule has 0 radical (unpaired) electrons. The highest BCUT2D eigenvalue weighted by atomic mass is 32.1. The van der Waals surface area contributed by atoms with E-state index in [-0.39, 0.29) is 10.8 Å². The van der Waals surface area contributed by atoms with Gasteiger partial charge in [-0.2, -0.15) is 0 Å². The van der Waals surface area contributed by atoms with Crippen molar-refractivity contribution < 1.29 is 14.7 Å². The first-order chi connectivity index (χ1) is 8.50. The van der Waals surface area contributed by atoms with Crippen molar-refractivity contribution in [2.75, 3.05) is 5.32 Å². The lowest BCUT2D eigenvalue weighted by molar-refractivity contribution is 0.0703. The molecule has 18 heavy (non-hydrogen) atoms. The maximum atomic E-state index is 12.0. The van der Waals surface area contributed by atoms with Gasteiger partial charge in [0.25, 0.3) is 5.91 Å². The third-order valence-corrected chi connectivity index (χ3v) is 4.18. The number of nitrogens with one attached hydrogen (secondary N) is 1. The molecule has 0 fully saturated rings. The van der Waals surface area contributed by atoms with Gasteiger partial charge in [-0.25, -0.2) is 4.79 Å². The number of hydrogen-bond acceptors (Lipinski definition) is 6. The quantitative estimate of drug-likeness (QED) is 0.900. The molecule has 0 atom stereocenters. The van der Waals surface area contributed by atoms with Crippen LogP contribution in [0.5, 0.6) is 0 Å². The van der Waals surface area contributed by atoms with Crippen LogP contribution in [0.2, 0.25) is 0 Å². The smallest absolute Gasteiger partial charge is 0.348 e. The van der Waals surface area contributed by atoms with E-state index in [0.717, 1.165) is 28.4 Å². The number of aromatic carboxylic acids is 1. The lowest BCUT2D eigenvalue weighted by Gasteiger charge is -2.04. The second kappa shape index (κ2) is 4.83. The van der Waals surface area contributed by atoms with Gasteiger partial charge >= 0.3 is 5.97 Å². The zero-order valence-corrected chi connectivity index (χ0v) is 11.2. The van der Waals surface area contributed by atoms with E-state index in [4.69, 9.17) is 5.11 Å². The van der Waals surface area contributed by atoms with E-state index in [0.29, 0.717) is 16.3 Å². The molecule has 1 amide bonds. The molecule has 0 spiro atoms. The number of carboxylic acid groups (broad SMARTS) is 1. The molecule has 0 unspecified atom stereocenters. The number of carboxylic acids is 1. The number of aryl methyl sites for hydroxylation is 2. The van der Waals surface area contributed by atoms with Crippen LogP contribution in [0.4, 0.5) is 5.69 Å².